The lowest BCUT2D eigenvalue weighted by atomic mass is 10.4. The van der Waals surface area contributed by atoms with Crippen LogP contribution in [0.5, 0.6) is 0 Å². The van der Waals surface area contributed by atoms with Gasteiger partial charge in [0.2, 0.25) is 0 Å². The third kappa shape index (κ3) is 2.81. The van der Waals surface area contributed by atoms with E-state index in [4.69, 9.17) is 19.7 Å². The molecule has 0 atom stereocenters. The molecule has 4 N–H and O–H groups in total. The molecule has 0 aromatic heterocycles. The molecule has 0 bridgehead atoms. The lowest BCUT2D eigenvalue weighted by molar-refractivity contribution is -0.285. The van der Waals surface area contributed by atoms with Crippen molar-refractivity contribution in [1.29, 1.82) is 0 Å². The Kier molecular flexibility index (Phi) is 4.08. The first-order valence-electron chi connectivity index (χ1n) is 4.32. The summed E-state index contributed by atoms with van der Waals surface area (Å²) in [4.78, 5) is 10.5. The summed E-state index contributed by atoms with van der Waals surface area (Å²) in [6, 6.07) is 0. The summed E-state index contributed by atoms with van der Waals surface area (Å²) in [5.74, 6) is -1.19. The zero-order chi connectivity index (χ0) is 10.4. The highest BCUT2D eigenvalue weighted by molar-refractivity contribution is 5.65. The van der Waals surface area contributed by atoms with Crippen molar-refractivity contribution in [2.45, 2.75) is 5.91 Å². The maximum atomic E-state index is 10.5. The third-order valence-electron chi connectivity index (χ3n) is 1.65. The molecule has 0 aromatic rings. The Morgan fingerprint density at radius 1 is 1.21 bits per heavy atom. The molecule has 1 aliphatic rings. The highest BCUT2D eigenvalue weighted by atomic mass is 16.9. The molecule has 0 saturated carbocycles. The van der Waals surface area contributed by atoms with Crippen molar-refractivity contribution < 1.29 is 24.5 Å². The molecular formula is C7H14N2O5. The number of aliphatic hydroxyl groups is 2. The Hall–Kier alpha value is -0.890. The quantitative estimate of drug-likeness (QED) is 0.281. The van der Waals surface area contributed by atoms with Gasteiger partial charge in [0.05, 0.1) is 19.8 Å². The van der Waals surface area contributed by atoms with Crippen LogP contribution in [0.3, 0.4) is 0 Å². The second-order valence-electron chi connectivity index (χ2n) is 2.76. The predicted octanol–water partition coefficient (Wildman–Crippen LogP) is -2.03. The SMILES string of the molecule is O=C1OC(CNCCO)(NCCO)O1. The Morgan fingerprint density at radius 2 is 1.86 bits per heavy atom. The van der Waals surface area contributed by atoms with Crippen molar-refractivity contribution in [2.75, 3.05) is 32.8 Å². The van der Waals surface area contributed by atoms with E-state index < -0.39 is 12.1 Å². The van der Waals surface area contributed by atoms with Crippen molar-refractivity contribution in [3.05, 3.63) is 0 Å². The van der Waals surface area contributed by atoms with Crippen molar-refractivity contribution >= 4 is 6.16 Å². The van der Waals surface area contributed by atoms with Gasteiger partial charge < -0.3 is 25.0 Å². The van der Waals surface area contributed by atoms with Crippen molar-refractivity contribution in [3.63, 3.8) is 0 Å². The first-order chi connectivity index (χ1) is 6.72. The second kappa shape index (κ2) is 5.11. The number of aliphatic hydroxyl groups excluding tert-OH is 2. The zero-order valence-electron chi connectivity index (χ0n) is 7.65. The van der Waals surface area contributed by atoms with Gasteiger partial charge in [-0.1, -0.05) is 0 Å². The molecule has 1 saturated heterocycles. The fourth-order valence-electron chi connectivity index (χ4n) is 1.06. The van der Waals surface area contributed by atoms with Crippen LogP contribution >= 0.6 is 0 Å². The average molecular weight is 206 g/mol. The van der Waals surface area contributed by atoms with Crippen LogP contribution in [0.1, 0.15) is 0 Å². The van der Waals surface area contributed by atoms with E-state index in [1.807, 2.05) is 0 Å². The van der Waals surface area contributed by atoms with E-state index in [1.54, 1.807) is 0 Å². The van der Waals surface area contributed by atoms with Crippen LogP contribution in [0.25, 0.3) is 0 Å². The number of carbonyl (C=O) groups excluding carboxylic acids is 1. The molecule has 7 nitrogen and oxygen atoms in total. The molecule has 1 rings (SSSR count). The van der Waals surface area contributed by atoms with Crippen LogP contribution in [-0.2, 0) is 9.47 Å². The van der Waals surface area contributed by atoms with Gasteiger partial charge in [0, 0.05) is 13.1 Å². The number of ether oxygens (including phenoxy) is 2. The molecule has 1 heterocycles. The number of rotatable bonds is 7. The van der Waals surface area contributed by atoms with Gasteiger partial charge in [0.25, 0.3) is 0 Å². The van der Waals surface area contributed by atoms with Crippen molar-refractivity contribution in [1.82, 2.24) is 10.6 Å². The van der Waals surface area contributed by atoms with Gasteiger partial charge >= 0.3 is 12.1 Å². The molecule has 0 amide bonds. The number of carbonyl (C=O) groups is 1. The lowest BCUT2D eigenvalue weighted by Gasteiger charge is -2.39. The minimum absolute atomic E-state index is 0.00989. The molecule has 0 aromatic carbocycles. The maximum Gasteiger partial charge on any atom is 0.517 e. The number of hydrogen-bond acceptors (Lipinski definition) is 7. The van der Waals surface area contributed by atoms with Crippen LogP contribution in [0, 0.1) is 0 Å². The molecule has 0 unspecified atom stereocenters. The van der Waals surface area contributed by atoms with Gasteiger partial charge in [-0.25, -0.2) is 10.1 Å². The van der Waals surface area contributed by atoms with Crippen LogP contribution in [-0.4, -0.2) is 55.1 Å². The fraction of sp³-hybridized carbons (Fsp3) is 0.857. The average Bonchev–Trinajstić information content (AvgIpc) is 2.12. The van der Waals surface area contributed by atoms with Crippen LogP contribution in [0.4, 0.5) is 4.79 Å². The minimum atomic E-state index is -1.19. The summed E-state index contributed by atoms with van der Waals surface area (Å²) in [5.41, 5.74) is 0. The molecule has 1 aliphatic heterocycles. The van der Waals surface area contributed by atoms with E-state index in [9.17, 15) is 4.79 Å². The Labute approximate surface area is 81.0 Å². The molecule has 0 aliphatic carbocycles. The second-order valence-corrected chi connectivity index (χ2v) is 2.76. The Morgan fingerprint density at radius 3 is 2.36 bits per heavy atom. The van der Waals surface area contributed by atoms with Gasteiger partial charge in [-0.15, -0.1) is 0 Å². The van der Waals surface area contributed by atoms with Crippen molar-refractivity contribution in [3.8, 4) is 0 Å². The van der Waals surface area contributed by atoms with E-state index in [0.29, 0.717) is 6.54 Å². The Bertz CT molecular complexity index is 191. The van der Waals surface area contributed by atoms with Crippen LogP contribution in [0.15, 0.2) is 0 Å². The first kappa shape index (κ1) is 11.2. The summed E-state index contributed by atoms with van der Waals surface area (Å²) in [6.45, 7) is 0.767. The van der Waals surface area contributed by atoms with Crippen LogP contribution in [0.2, 0.25) is 0 Å². The summed E-state index contributed by atoms with van der Waals surface area (Å²) in [6.07, 6.45) is -0.749. The third-order valence-corrected chi connectivity index (χ3v) is 1.65. The van der Waals surface area contributed by atoms with Gasteiger partial charge in [-0.2, -0.15) is 0 Å². The molecular weight excluding hydrogens is 192 g/mol. The number of cyclic esters (lactones) is 2. The van der Waals surface area contributed by atoms with Gasteiger partial charge in [0.1, 0.15) is 0 Å². The molecule has 1 fully saturated rings. The predicted molar refractivity (Wildman–Crippen MR) is 45.3 cm³/mol. The maximum absolute atomic E-state index is 10.5. The zero-order valence-corrected chi connectivity index (χ0v) is 7.65. The van der Waals surface area contributed by atoms with Crippen molar-refractivity contribution in [2.24, 2.45) is 0 Å². The monoisotopic (exact) mass is 206 g/mol. The van der Waals surface area contributed by atoms with E-state index in [1.165, 1.54) is 0 Å². The van der Waals surface area contributed by atoms with Gasteiger partial charge in [-0.3, -0.25) is 0 Å². The fourth-order valence-corrected chi connectivity index (χ4v) is 1.06. The summed E-state index contributed by atoms with van der Waals surface area (Å²) in [7, 11) is 0. The Balaban J connectivity index is 2.27. The standard InChI is InChI=1S/C7H14N2O5/c10-3-1-8-5-7(9-2-4-11)13-6(12)14-7/h8-11H,1-5H2. The highest BCUT2D eigenvalue weighted by Crippen LogP contribution is 2.20. The molecule has 0 spiro atoms. The van der Waals surface area contributed by atoms with E-state index >= 15 is 0 Å². The summed E-state index contributed by atoms with van der Waals surface area (Å²) in [5, 5.41) is 22.6. The van der Waals surface area contributed by atoms with Crippen LogP contribution < -0.4 is 10.6 Å². The number of nitrogens with one attached hydrogen (secondary N) is 2. The lowest BCUT2D eigenvalue weighted by Crippen LogP contribution is -2.65. The molecule has 0 radical (unpaired) electrons. The minimum Gasteiger partial charge on any atom is -0.395 e. The first-order valence-corrected chi connectivity index (χ1v) is 4.32. The van der Waals surface area contributed by atoms with Gasteiger partial charge in [0.15, 0.2) is 0 Å². The molecule has 7 heteroatoms. The topological polar surface area (TPSA) is 100 Å². The van der Waals surface area contributed by atoms with Gasteiger partial charge in [-0.05, 0) is 0 Å². The summed E-state index contributed by atoms with van der Waals surface area (Å²) < 4.78 is 9.50. The molecule has 14 heavy (non-hydrogen) atoms. The van der Waals surface area contributed by atoms with E-state index in [2.05, 4.69) is 10.6 Å². The molecule has 82 valence electrons. The largest absolute Gasteiger partial charge is 0.517 e. The summed E-state index contributed by atoms with van der Waals surface area (Å²) >= 11 is 0. The van der Waals surface area contributed by atoms with E-state index in [0.717, 1.165) is 0 Å². The highest BCUT2D eigenvalue weighted by Gasteiger charge is 2.48. The smallest absolute Gasteiger partial charge is 0.395 e. The number of hydrogen-bond donors (Lipinski definition) is 4. The normalized spacial score (nSPS) is 18.3. The van der Waals surface area contributed by atoms with E-state index in [-0.39, 0.29) is 26.3 Å².